The molecule has 0 fully saturated rings. The molecule has 0 saturated heterocycles. The second-order valence-corrected chi connectivity index (χ2v) is 10.8. The molecule has 0 aliphatic heterocycles. The summed E-state index contributed by atoms with van der Waals surface area (Å²) in [5, 5.41) is 16.7. The van der Waals surface area contributed by atoms with E-state index < -0.39 is 12.2 Å². The summed E-state index contributed by atoms with van der Waals surface area (Å²) in [6.07, 6.45) is 0.966. The monoisotopic (exact) mass is 613 g/mol. The lowest BCUT2D eigenvalue weighted by Gasteiger charge is -2.45. The topological polar surface area (TPSA) is 96.4 Å². The fourth-order valence-electron chi connectivity index (χ4n) is 4.59. The van der Waals surface area contributed by atoms with Crippen molar-refractivity contribution in [3.8, 4) is 5.75 Å². The molecule has 0 aromatic heterocycles. The van der Waals surface area contributed by atoms with Crippen LogP contribution in [0.25, 0.3) is 0 Å². The molecule has 0 radical (unpaired) electrons. The van der Waals surface area contributed by atoms with E-state index in [2.05, 4.69) is 5.32 Å². The molecular weight excluding hydrogens is 577 g/mol. The van der Waals surface area contributed by atoms with Gasteiger partial charge in [0.1, 0.15) is 11.9 Å². The molecule has 0 aliphatic rings. The minimum absolute atomic E-state index is 0.00418. The van der Waals surface area contributed by atoms with E-state index in [1.165, 1.54) is 9.91 Å². The predicted molar refractivity (Wildman–Crippen MR) is 165 cm³/mol. The first-order valence-corrected chi connectivity index (χ1v) is 14.4. The number of phenols is 1. The van der Waals surface area contributed by atoms with Gasteiger partial charge in [-0.3, -0.25) is 9.59 Å². The Hall–Kier alpha value is -3.79. The minimum Gasteiger partial charge on any atom is -0.508 e. The third kappa shape index (κ3) is 9.11. The molecule has 3 aromatic rings. The Bertz CT molecular complexity index is 1310. The van der Waals surface area contributed by atoms with Crippen LogP contribution in [0.2, 0.25) is 10.0 Å². The summed E-state index contributed by atoms with van der Waals surface area (Å²) in [5.74, 6) is 0.143. The molecular formula is C31H37Cl2N5O4. The quantitative estimate of drug-likeness (QED) is 0.140. The van der Waals surface area contributed by atoms with Crippen molar-refractivity contribution in [2.24, 2.45) is 0 Å². The number of nitrogens with zero attached hydrogens (tertiary/aromatic N) is 4. The highest BCUT2D eigenvalue weighted by atomic mass is 35.5. The van der Waals surface area contributed by atoms with Gasteiger partial charge in [-0.25, -0.2) is 14.8 Å². The van der Waals surface area contributed by atoms with Crippen LogP contribution in [0.4, 0.5) is 4.79 Å². The van der Waals surface area contributed by atoms with Crippen LogP contribution < -0.4 is 5.32 Å². The standard InChI is InChI=1S/C31H37Cl2N5O4/c1-4-35(3)38(31(42)34-18-25-8-6-5-7-9-25)30(20-36(21-39)19-26-12-13-27(32)17-29(26)33)37(22-40)23(2)16-24-10-14-28(41)15-11-24/h5-15,17,21-23,30,41H,4,16,18-20H2,1-3H3,(H,34,42)/t23-,30?/m1/s1. The third-order valence-corrected chi connectivity index (χ3v) is 7.57. The molecule has 2 atom stereocenters. The van der Waals surface area contributed by atoms with Gasteiger partial charge in [0.25, 0.3) is 0 Å². The first-order valence-electron chi connectivity index (χ1n) is 13.6. The van der Waals surface area contributed by atoms with Gasteiger partial charge in [0, 0.05) is 42.8 Å². The summed E-state index contributed by atoms with van der Waals surface area (Å²) in [6, 6.07) is 20.5. The fraction of sp³-hybridized carbons (Fsp3) is 0.323. The maximum absolute atomic E-state index is 13.8. The van der Waals surface area contributed by atoms with Gasteiger partial charge in [0.05, 0.1) is 6.54 Å². The van der Waals surface area contributed by atoms with Crippen LogP contribution in [-0.2, 0) is 29.1 Å². The number of halogens is 2. The van der Waals surface area contributed by atoms with Crippen molar-refractivity contribution in [2.75, 3.05) is 20.1 Å². The van der Waals surface area contributed by atoms with Crippen molar-refractivity contribution >= 4 is 42.1 Å². The number of hydrazine groups is 1. The molecule has 9 nitrogen and oxygen atoms in total. The van der Waals surface area contributed by atoms with Gasteiger partial charge in [-0.05, 0) is 54.3 Å². The Morgan fingerprint density at radius 3 is 2.26 bits per heavy atom. The average molecular weight is 615 g/mol. The van der Waals surface area contributed by atoms with Crippen LogP contribution in [0.15, 0.2) is 72.8 Å². The number of benzene rings is 3. The van der Waals surface area contributed by atoms with Gasteiger partial charge in [-0.1, -0.05) is 78.7 Å². The van der Waals surface area contributed by atoms with Crippen LogP contribution in [0.1, 0.15) is 30.5 Å². The smallest absolute Gasteiger partial charge is 0.334 e. The number of aromatic hydroxyl groups is 1. The second kappa shape index (κ2) is 16.0. The van der Waals surface area contributed by atoms with E-state index in [-0.39, 0.29) is 31.4 Å². The maximum atomic E-state index is 13.8. The molecule has 3 aromatic carbocycles. The number of hydrogen-bond acceptors (Lipinski definition) is 5. The maximum Gasteiger partial charge on any atom is 0.334 e. The first-order chi connectivity index (χ1) is 20.2. The van der Waals surface area contributed by atoms with E-state index in [0.29, 0.717) is 41.4 Å². The summed E-state index contributed by atoms with van der Waals surface area (Å²) in [7, 11) is 1.75. The molecule has 11 heteroatoms. The highest BCUT2D eigenvalue weighted by Gasteiger charge is 2.35. The average Bonchev–Trinajstić information content (AvgIpc) is 2.98. The zero-order valence-corrected chi connectivity index (χ0v) is 25.5. The molecule has 0 spiro atoms. The molecule has 0 saturated carbocycles. The molecule has 42 heavy (non-hydrogen) atoms. The summed E-state index contributed by atoms with van der Waals surface area (Å²) < 4.78 is 0. The fourth-order valence-corrected chi connectivity index (χ4v) is 5.06. The van der Waals surface area contributed by atoms with Crippen LogP contribution >= 0.6 is 23.2 Å². The molecule has 1 unspecified atom stereocenters. The summed E-state index contributed by atoms with van der Waals surface area (Å²) >= 11 is 12.5. The van der Waals surface area contributed by atoms with Crippen molar-refractivity contribution < 1.29 is 19.5 Å². The zero-order valence-electron chi connectivity index (χ0n) is 24.0. The first kappa shape index (κ1) is 32.7. The van der Waals surface area contributed by atoms with Crippen molar-refractivity contribution in [3.63, 3.8) is 0 Å². The Morgan fingerprint density at radius 1 is 0.976 bits per heavy atom. The normalized spacial score (nSPS) is 12.3. The Morgan fingerprint density at radius 2 is 1.67 bits per heavy atom. The molecule has 0 aliphatic carbocycles. The van der Waals surface area contributed by atoms with Crippen LogP contribution in [0.3, 0.4) is 0 Å². The van der Waals surface area contributed by atoms with E-state index in [9.17, 15) is 19.5 Å². The number of amides is 4. The number of rotatable bonds is 15. The predicted octanol–water partition coefficient (Wildman–Crippen LogP) is 5.15. The lowest BCUT2D eigenvalue weighted by Crippen LogP contribution is -2.64. The third-order valence-electron chi connectivity index (χ3n) is 6.98. The molecule has 0 heterocycles. The van der Waals surface area contributed by atoms with Gasteiger partial charge >= 0.3 is 6.03 Å². The Balaban J connectivity index is 1.96. The van der Waals surface area contributed by atoms with Crippen LogP contribution in [-0.4, -0.2) is 76.1 Å². The lowest BCUT2D eigenvalue weighted by molar-refractivity contribution is -0.138. The van der Waals surface area contributed by atoms with Crippen LogP contribution in [0.5, 0.6) is 5.75 Å². The molecule has 224 valence electrons. The number of phenolic OH excluding ortho intramolecular Hbond substituents is 1. The molecule has 3 rings (SSSR count). The summed E-state index contributed by atoms with van der Waals surface area (Å²) in [6.45, 7) is 4.65. The van der Waals surface area contributed by atoms with Crippen molar-refractivity contribution in [1.29, 1.82) is 0 Å². The van der Waals surface area contributed by atoms with E-state index in [4.69, 9.17) is 23.2 Å². The molecule has 2 N–H and O–H groups in total. The highest BCUT2D eigenvalue weighted by Crippen LogP contribution is 2.23. The van der Waals surface area contributed by atoms with Gasteiger partial charge < -0.3 is 20.2 Å². The van der Waals surface area contributed by atoms with Crippen molar-refractivity contribution in [2.45, 2.75) is 45.6 Å². The molecule has 4 amide bonds. The van der Waals surface area contributed by atoms with Gasteiger partial charge in [-0.15, -0.1) is 0 Å². The number of carbonyl (C=O) groups excluding carboxylic acids is 3. The largest absolute Gasteiger partial charge is 0.508 e. The second-order valence-electron chi connectivity index (χ2n) is 9.99. The van der Waals surface area contributed by atoms with Crippen LogP contribution in [0, 0.1) is 0 Å². The highest BCUT2D eigenvalue weighted by molar-refractivity contribution is 6.35. The van der Waals surface area contributed by atoms with E-state index in [1.807, 2.05) is 44.2 Å². The number of carbonyl (C=O) groups is 3. The molecule has 0 bridgehead atoms. The van der Waals surface area contributed by atoms with Gasteiger partial charge in [-0.2, -0.15) is 0 Å². The summed E-state index contributed by atoms with van der Waals surface area (Å²) in [4.78, 5) is 41.9. The Labute approximate surface area is 257 Å². The SMILES string of the molecule is CCN(C)N(C(=O)NCc1ccccc1)C(CN(C=O)Cc1ccc(Cl)cc1Cl)N(C=O)[C@H](C)Cc1ccc(O)cc1. The van der Waals surface area contributed by atoms with E-state index >= 15 is 0 Å². The summed E-state index contributed by atoms with van der Waals surface area (Å²) in [5.41, 5.74) is 2.49. The van der Waals surface area contributed by atoms with Gasteiger partial charge in [0.15, 0.2) is 0 Å². The van der Waals surface area contributed by atoms with E-state index in [1.54, 1.807) is 59.4 Å². The number of hydrogen-bond donors (Lipinski definition) is 2. The van der Waals surface area contributed by atoms with E-state index in [0.717, 1.165) is 11.1 Å². The minimum atomic E-state index is -0.869. The van der Waals surface area contributed by atoms with Gasteiger partial charge in [0.2, 0.25) is 12.8 Å². The number of urea groups is 1. The lowest BCUT2D eigenvalue weighted by atomic mass is 10.1. The number of nitrogens with one attached hydrogen (secondary N) is 1. The zero-order chi connectivity index (χ0) is 30.6. The van der Waals surface area contributed by atoms with Crippen molar-refractivity contribution in [1.82, 2.24) is 25.1 Å². The Kier molecular flexibility index (Phi) is 12.5. The van der Waals surface area contributed by atoms with Crippen molar-refractivity contribution in [3.05, 3.63) is 99.5 Å².